The molecule has 4 N–H and O–H groups in total. The Bertz CT molecular complexity index is 1050. The van der Waals surface area contributed by atoms with Crippen molar-refractivity contribution in [3.8, 4) is 5.75 Å². The van der Waals surface area contributed by atoms with E-state index in [9.17, 15) is 22.8 Å². The fourth-order valence-electron chi connectivity index (χ4n) is 4.32. The Morgan fingerprint density at radius 3 is 2.61 bits per heavy atom. The highest BCUT2D eigenvalue weighted by atomic mass is 19.4. The highest BCUT2D eigenvalue weighted by molar-refractivity contribution is 6.02. The van der Waals surface area contributed by atoms with Gasteiger partial charge in [0.15, 0.2) is 11.4 Å². The average Bonchev–Trinajstić information content (AvgIpc) is 3.05. The minimum atomic E-state index is -4.55. The van der Waals surface area contributed by atoms with E-state index in [-0.39, 0.29) is 36.2 Å². The van der Waals surface area contributed by atoms with E-state index in [2.05, 4.69) is 9.97 Å². The zero-order valence-corrected chi connectivity index (χ0v) is 16.4. The molecule has 0 radical (unpaired) electrons. The van der Waals surface area contributed by atoms with Gasteiger partial charge in [-0.25, -0.2) is 9.97 Å². The highest BCUT2D eigenvalue weighted by Crippen LogP contribution is 2.51. The van der Waals surface area contributed by atoms with Crippen LogP contribution in [0.3, 0.4) is 0 Å². The topological polar surface area (TPSA) is 128 Å². The molecule has 0 saturated carbocycles. The Hall–Kier alpha value is -3.57. The maximum absolute atomic E-state index is 13.2. The summed E-state index contributed by atoms with van der Waals surface area (Å²) in [6.07, 6.45) is -4.44. The van der Waals surface area contributed by atoms with Gasteiger partial charge in [0.25, 0.3) is 0 Å². The molecule has 4 heterocycles. The number of fused-ring (bicyclic) bond motifs is 4. The van der Waals surface area contributed by atoms with E-state index in [1.807, 2.05) is 0 Å². The van der Waals surface area contributed by atoms with Gasteiger partial charge in [0, 0.05) is 18.8 Å². The summed E-state index contributed by atoms with van der Waals surface area (Å²) in [6, 6.07) is 6.23. The van der Waals surface area contributed by atoms with Gasteiger partial charge < -0.3 is 21.1 Å². The summed E-state index contributed by atoms with van der Waals surface area (Å²) in [6.45, 7) is 0.0288. The van der Waals surface area contributed by atoms with Gasteiger partial charge >= 0.3 is 6.18 Å². The fourth-order valence-corrected chi connectivity index (χ4v) is 4.32. The molecule has 2 aliphatic heterocycles. The summed E-state index contributed by atoms with van der Waals surface area (Å²) in [5.41, 5.74) is 9.73. The molecule has 2 aliphatic rings. The quantitative estimate of drug-likeness (QED) is 0.712. The Balaban J connectivity index is 2.01. The number of nitrogens with two attached hydrogens (primary N) is 2. The van der Waals surface area contributed by atoms with E-state index in [1.165, 1.54) is 24.3 Å². The van der Waals surface area contributed by atoms with E-state index in [4.69, 9.17) is 16.2 Å². The second kappa shape index (κ2) is 7.00. The number of pyridine rings is 2. The molecule has 31 heavy (non-hydrogen) atoms. The number of halogens is 3. The van der Waals surface area contributed by atoms with Crippen LogP contribution in [0.25, 0.3) is 0 Å². The van der Waals surface area contributed by atoms with Gasteiger partial charge in [-0.1, -0.05) is 6.07 Å². The van der Waals surface area contributed by atoms with Crippen molar-refractivity contribution in [1.82, 2.24) is 9.97 Å². The number of alkyl halides is 3. The molecule has 164 valence electrons. The smallest absolute Gasteiger partial charge is 0.394 e. The monoisotopic (exact) mass is 436 g/mol. The van der Waals surface area contributed by atoms with Gasteiger partial charge in [0.1, 0.15) is 11.6 Å². The summed E-state index contributed by atoms with van der Waals surface area (Å²) in [7, 11) is 1.24. The number of hydrogen-bond donors (Lipinski definition) is 2. The number of carbonyl (C=O) groups is 2. The predicted molar refractivity (Wildman–Crippen MR) is 104 cm³/mol. The van der Waals surface area contributed by atoms with Gasteiger partial charge in [0.2, 0.25) is 11.8 Å². The molecule has 2 bridgehead atoms. The number of rotatable bonds is 5. The van der Waals surface area contributed by atoms with Gasteiger partial charge in [0.05, 0.1) is 37.4 Å². The second-order valence-corrected chi connectivity index (χ2v) is 7.42. The first-order valence-corrected chi connectivity index (χ1v) is 9.28. The third-order valence-electron chi connectivity index (χ3n) is 5.62. The Kier molecular flexibility index (Phi) is 4.67. The minimum absolute atomic E-state index is 0.0109. The van der Waals surface area contributed by atoms with Gasteiger partial charge in [-0.15, -0.1) is 0 Å². The molecule has 2 amide bonds. The van der Waals surface area contributed by atoms with Crippen molar-refractivity contribution in [2.45, 2.75) is 18.1 Å². The summed E-state index contributed by atoms with van der Waals surface area (Å²) < 4.78 is 44.7. The summed E-state index contributed by atoms with van der Waals surface area (Å²) in [4.78, 5) is 36.5. The molecular formula is C19H19F3N6O3. The van der Waals surface area contributed by atoms with Crippen molar-refractivity contribution in [3.63, 3.8) is 0 Å². The molecule has 1 saturated heterocycles. The molecule has 12 heteroatoms. The molecule has 0 aromatic carbocycles. The van der Waals surface area contributed by atoms with Crippen molar-refractivity contribution in [2.75, 3.05) is 30.0 Å². The number of aromatic nitrogens is 2. The van der Waals surface area contributed by atoms with Crippen LogP contribution in [0.5, 0.6) is 5.75 Å². The van der Waals surface area contributed by atoms with Crippen LogP contribution in [0.15, 0.2) is 30.5 Å². The minimum Gasteiger partial charge on any atom is -0.495 e. The van der Waals surface area contributed by atoms with Crippen molar-refractivity contribution in [2.24, 2.45) is 17.4 Å². The molecule has 2 aromatic heterocycles. The van der Waals surface area contributed by atoms with E-state index >= 15 is 0 Å². The van der Waals surface area contributed by atoms with Crippen LogP contribution in [-0.2, 0) is 16.0 Å². The zero-order valence-electron chi connectivity index (χ0n) is 16.4. The number of methoxy groups -OCH3 is 1. The molecule has 4 rings (SSSR count). The lowest BCUT2D eigenvalue weighted by Crippen LogP contribution is -2.65. The number of nitrogens with zero attached hydrogens (tertiary/aromatic N) is 4. The number of carbonyl (C=O) groups excluding carboxylic acids is 2. The van der Waals surface area contributed by atoms with Crippen molar-refractivity contribution >= 4 is 29.1 Å². The number of primary amides is 2. The molecule has 2 atom stereocenters. The van der Waals surface area contributed by atoms with E-state index in [1.54, 1.807) is 23.1 Å². The van der Waals surface area contributed by atoms with Gasteiger partial charge in [-0.2, -0.15) is 13.2 Å². The van der Waals surface area contributed by atoms with Crippen molar-refractivity contribution in [1.29, 1.82) is 0 Å². The lowest BCUT2D eigenvalue weighted by atomic mass is 9.83. The summed E-state index contributed by atoms with van der Waals surface area (Å²) in [5.74, 6) is -2.51. The Morgan fingerprint density at radius 1 is 1.32 bits per heavy atom. The molecular weight excluding hydrogens is 417 g/mol. The summed E-state index contributed by atoms with van der Waals surface area (Å²) in [5, 5.41) is 0. The number of hydrogen-bond acceptors (Lipinski definition) is 7. The summed E-state index contributed by atoms with van der Waals surface area (Å²) >= 11 is 0. The van der Waals surface area contributed by atoms with E-state index in [0.717, 1.165) is 0 Å². The SMILES string of the molecule is COc1cc2c(nc1CC(F)(F)F)N(c1ccccn1)[C@]1(C(N)=O)CN2CC1C(N)=O. The molecule has 0 aliphatic carbocycles. The van der Waals surface area contributed by atoms with E-state index in [0.29, 0.717) is 5.69 Å². The third-order valence-corrected chi connectivity index (χ3v) is 5.62. The molecule has 9 nitrogen and oxygen atoms in total. The standard InChI is InChI=1S/C19H19F3N6O3/c1-31-13-6-12-16(26-11(13)7-19(20,21)22)28(14-4-2-3-5-25-14)18(17(24)30)9-27(12)8-10(18)15(23)29/h2-6,10H,7-9H2,1H3,(H2,23,29)(H2,24,30)/t10?,18-/m1/s1. The molecule has 1 fully saturated rings. The lowest BCUT2D eigenvalue weighted by Gasteiger charge is -2.45. The normalized spacial score (nSPS) is 22.3. The first-order valence-electron chi connectivity index (χ1n) is 9.28. The number of anilines is 3. The largest absolute Gasteiger partial charge is 0.495 e. The molecule has 2 aromatic rings. The van der Waals surface area contributed by atoms with Crippen molar-refractivity contribution < 1.29 is 27.5 Å². The third kappa shape index (κ3) is 3.18. The first kappa shape index (κ1) is 20.7. The van der Waals surface area contributed by atoms with E-state index < -0.39 is 35.9 Å². The molecule has 0 spiro atoms. The fraction of sp³-hybridized carbons (Fsp3) is 0.368. The maximum atomic E-state index is 13.2. The number of ether oxygens (including phenoxy) is 1. The predicted octanol–water partition coefficient (Wildman–Crippen LogP) is 0.887. The van der Waals surface area contributed by atoms with Crippen LogP contribution in [-0.4, -0.2) is 53.7 Å². The lowest BCUT2D eigenvalue weighted by molar-refractivity contribution is -0.130. The van der Waals surface area contributed by atoms with Crippen LogP contribution < -0.4 is 26.0 Å². The Labute approximate surface area is 174 Å². The first-order chi connectivity index (χ1) is 14.6. The zero-order chi connectivity index (χ0) is 22.6. The highest BCUT2D eigenvalue weighted by Gasteiger charge is 2.62. The van der Waals surface area contributed by atoms with Gasteiger partial charge in [-0.3, -0.25) is 14.5 Å². The van der Waals surface area contributed by atoms with Crippen LogP contribution >= 0.6 is 0 Å². The van der Waals surface area contributed by atoms with Gasteiger partial charge in [-0.05, 0) is 12.1 Å². The number of amides is 2. The van der Waals surface area contributed by atoms with Crippen LogP contribution in [0, 0.1) is 5.92 Å². The van der Waals surface area contributed by atoms with Crippen LogP contribution in [0.2, 0.25) is 0 Å². The second-order valence-electron chi connectivity index (χ2n) is 7.42. The maximum Gasteiger partial charge on any atom is 0.394 e. The molecule has 1 unspecified atom stereocenters. The average molecular weight is 436 g/mol. The Morgan fingerprint density at radius 2 is 2.06 bits per heavy atom. The van der Waals surface area contributed by atoms with Crippen LogP contribution in [0.1, 0.15) is 5.69 Å². The van der Waals surface area contributed by atoms with Crippen LogP contribution in [0.4, 0.5) is 30.5 Å². The van der Waals surface area contributed by atoms with Crippen molar-refractivity contribution in [3.05, 3.63) is 36.2 Å².